The third kappa shape index (κ3) is 2.86. The maximum absolute atomic E-state index is 12.7. The van der Waals surface area contributed by atoms with Crippen LogP contribution in [0.2, 0.25) is 0 Å². The Kier molecular flexibility index (Phi) is 4.98. The van der Waals surface area contributed by atoms with Crippen LogP contribution in [0.4, 0.5) is 0 Å². The minimum absolute atomic E-state index is 0.271. The lowest BCUT2D eigenvalue weighted by molar-refractivity contribution is 0.438. The van der Waals surface area contributed by atoms with Crippen LogP contribution in [-0.4, -0.2) is 22.0 Å². The average molecular weight is 330 g/mol. The van der Waals surface area contributed by atoms with Gasteiger partial charge in [-0.05, 0) is 53.4 Å². The highest BCUT2D eigenvalue weighted by Crippen LogP contribution is 2.34. The van der Waals surface area contributed by atoms with Crippen LogP contribution in [0.25, 0.3) is 0 Å². The van der Waals surface area contributed by atoms with E-state index in [1.807, 2.05) is 24.3 Å². The van der Waals surface area contributed by atoms with Gasteiger partial charge in [0.25, 0.3) is 0 Å². The van der Waals surface area contributed by atoms with Crippen LogP contribution in [-0.2, 0) is 10.8 Å². The molecule has 1 aromatic rings. The molecule has 1 aliphatic carbocycles. The molecule has 4 unspecified atom stereocenters. The summed E-state index contributed by atoms with van der Waals surface area (Å²) in [6.45, 7) is 5.34. The van der Waals surface area contributed by atoms with Crippen molar-refractivity contribution in [3.05, 3.63) is 28.7 Å². The number of nitrogens with one attached hydrogen (secondary N) is 1. The Bertz CT molecular complexity index is 438. The molecule has 0 heterocycles. The normalized spacial score (nSPS) is 29.4. The Morgan fingerprint density at radius 1 is 1.39 bits per heavy atom. The van der Waals surface area contributed by atoms with Crippen LogP contribution < -0.4 is 5.32 Å². The smallest absolute Gasteiger partial charge is 0.0575 e. The van der Waals surface area contributed by atoms with Gasteiger partial charge in [0, 0.05) is 15.8 Å². The molecule has 4 heteroatoms. The molecule has 1 aromatic carbocycles. The van der Waals surface area contributed by atoms with E-state index in [1.54, 1.807) is 0 Å². The van der Waals surface area contributed by atoms with Gasteiger partial charge in [-0.2, -0.15) is 0 Å². The Labute approximate surface area is 120 Å². The molecule has 0 aromatic heterocycles. The van der Waals surface area contributed by atoms with Crippen molar-refractivity contribution < 1.29 is 4.21 Å². The summed E-state index contributed by atoms with van der Waals surface area (Å²) in [5.41, 5.74) is 0. The van der Waals surface area contributed by atoms with E-state index in [2.05, 4.69) is 35.1 Å². The predicted octanol–water partition coefficient (Wildman–Crippen LogP) is 3.33. The zero-order chi connectivity index (χ0) is 13.1. The first kappa shape index (κ1) is 14.2. The molecule has 100 valence electrons. The van der Waals surface area contributed by atoms with Crippen molar-refractivity contribution in [1.29, 1.82) is 0 Å². The van der Waals surface area contributed by atoms with E-state index in [4.69, 9.17) is 0 Å². The highest BCUT2D eigenvalue weighted by atomic mass is 79.9. The molecule has 1 N–H and O–H groups in total. The summed E-state index contributed by atoms with van der Waals surface area (Å²) >= 11 is 3.50. The molecule has 0 bridgehead atoms. The predicted molar refractivity (Wildman–Crippen MR) is 80.2 cm³/mol. The van der Waals surface area contributed by atoms with E-state index >= 15 is 0 Å². The quantitative estimate of drug-likeness (QED) is 0.917. The third-order valence-corrected chi connectivity index (χ3v) is 6.74. The SMILES string of the molecule is CCNC1CCC(S(=O)c2ccccc2Br)C1C. The maximum Gasteiger partial charge on any atom is 0.0575 e. The number of hydrogen-bond donors (Lipinski definition) is 1. The maximum atomic E-state index is 12.7. The Balaban J connectivity index is 2.14. The van der Waals surface area contributed by atoms with Crippen molar-refractivity contribution >= 4 is 26.7 Å². The fourth-order valence-corrected chi connectivity index (χ4v) is 5.24. The Hall–Kier alpha value is -0.190. The highest BCUT2D eigenvalue weighted by Gasteiger charge is 2.36. The van der Waals surface area contributed by atoms with Gasteiger partial charge in [-0.3, -0.25) is 4.21 Å². The Morgan fingerprint density at radius 2 is 2.11 bits per heavy atom. The summed E-state index contributed by atoms with van der Waals surface area (Å²) in [7, 11) is -0.912. The standard InChI is InChI=1S/C14H20BrNOS/c1-3-16-12-8-9-13(10(12)2)18(17)14-7-5-4-6-11(14)15/h4-7,10,12-13,16H,3,8-9H2,1-2H3. The molecule has 2 nitrogen and oxygen atoms in total. The average Bonchev–Trinajstić information content (AvgIpc) is 2.72. The third-order valence-electron chi connectivity index (χ3n) is 3.78. The minimum Gasteiger partial charge on any atom is -0.314 e. The van der Waals surface area contributed by atoms with Gasteiger partial charge in [-0.25, -0.2) is 0 Å². The summed E-state index contributed by atoms with van der Waals surface area (Å²) in [6, 6.07) is 8.37. The van der Waals surface area contributed by atoms with Gasteiger partial charge in [-0.1, -0.05) is 26.0 Å². The van der Waals surface area contributed by atoms with Crippen LogP contribution in [0, 0.1) is 5.92 Å². The van der Waals surface area contributed by atoms with Gasteiger partial charge in [-0.15, -0.1) is 0 Å². The van der Waals surface area contributed by atoms with E-state index < -0.39 is 10.8 Å². The highest BCUT2D eigenvalue weighted by molar-refractivity contribution is 9.10. The van der Waals surface area contributed by atoms with Gasteiger partial charge < -0.3 is 5.32 Å². The molecule has 0 amide bonds. The van der Waals surface area contributed by atoms with Crippen LogP contribution in [0.5, 0.6) is 0 Å². The van der Waals surface area contributed by atoms with Crippen LogP contribution in [0.15, 0.2) is 33.6 Å². The molecule has 0 spiro atoms. The van der Waals surface area contributed by atoms with Gasteiger partial charge in [0.1, 0.15) is 0 Å². The zero-order valence-corrected chi connectivity index (χ0v) is 13.3. The molecule has 0 saturated heterocycles. The van der Waals surface area contributed by atoms with Gasteiger partial charge >= 0.3 is 0 Å². The van der Waals surface area contributed by atoms with E-state index in [0.717, 1.165) is 28.8 Å². The monoisotopic (exact) mass is 329 g/mol. The molecule has 2 rings (SSSR count). The van der Waals surface area contributed by atoms with Gasteiger partial charge in [0.15, 0.2) is 0 Å². The second-order valence-corrected chi connectivity index (χ2v) is 7.36. The van der Waals surface area contributed by atoms with Crippen molar-refractivity contribution in [2.45, 2.75) is 42.9 Å². The summed E-state index contributed by atoms with van der Waals surface area (Å²) in [4.78, 5) is 0.937. The second-order valence-electron chi connectivity index (χ2n) is 4.87. The first-order valence-electron chi connectivity index (χ1n) is 6.53. The van der Waals surface area contributed by atoms with E-state index in [-0.39, 0.29) is 5.25 Å². The number of rotatable bonds is 4. The first-order chi connectivity index (χ1) is 8.65. The fourth-order valence-electron chi connectivity index (χ4n) is 2.75. The molecular weight excluding hydrogens is 310 g/mol. The molecule has 1 saturated carbocycles. The lowest BCUT2D eigenvalue weighted by atomic mass is 10.1. The summed E-state index contributed by atoms with van der Waals surface area (Å²) < 4.78 is 13.6. The number of benzene rings is 1. The lowest BCUT2D eigenvalue weighted by Gasteiger charge is -2.21. The van der Waals surface area contributed by atoms with E-state index in [0.29, 0.717) is 12.0 Å². The zero-order valence-electron chi connectivity index (χ0n) is 10.9. The van der Waals surface area contributed by atoms with Crippen molar-refractivity contribution in [2.24, 2.45) is 5.92 Å². The number of halogens is 1. The van der Waals surface area contributed by atoms with Crippen LogP contribution in [0.1, 0.15) is 26.7 Å². The molecule has 0 aliphatic heterocycles. The Morgan fingerprint density at radius 3 is 2.78 bits per heavy atom. The van der Waals surface area contributed by atoms with Gasteiger partial charge in [0.2, 0.25) is 0 Å². The van der Waals surface area contributed by atoms with Crippen molar-refractivity contribution in [1.82, 2.24) is 5.32 Å². The molecule has 18 heavy (non-hydrogen) atoms. The van der Waals surface area contributed by atoms with Gasteiger partial charge in [0.05, 0.1) is 15.7 Å². The molecular formula is C14H20BrNOS. The second kappa shape index (κ2) is 6.31. The lowest BCUT2D eigenvalue weighted by Crippen LogP contribution is -2.34. The van der Waals surface area contributed by atoms with Crippen molar-refractivity contribution in [3.63, 3.8) is 0 Å². The topological polar surface area (TPSA) is 29.1 Å². The summed E-state index contributed by atoms with van der Waals surface area (Å²) in [6.07, 6.45) is 2.18. The minimum atomic E-state index is -0.912. The molecule has 0 radical (unpaired) electrons. The summed E-state index contributed by atoms with van der Waals surface area (Å²) in [5.74, 6) is 0.470. The first-order valence-corrected chi connectivity index (χ1v) is 8.54. The van der Waals surface area contributed by atoms with E-state index in [1.165, 1.54) is 0 Å². The number of hydrogen-bond acceptors (Lipinski definition) is 2. The van der Waals surface area contributed by atoms with Crippen LogP contribution in [0.3, 0.4) is 0 Å². The fraction of sp³-hybridized carbons (Fsp3) is 0.571. The molecule has 1 aliphatic rings. The van der Waals surface area contributed by atoms with Crippen molar-refractivity contribution in [3.8, 4) is 0 Å². The molecule has 1 fully saturated rings. The summed E-state index contributed by atoms with van der Waals surface area (Å²) in [5, 5.41) is 3.77. The largest absolute Gasteiger partial charge is 0.314 e. The van der Waals surface area contributed by atoms with Crippen molar-refractivity contribution in [2.75, 3.05) is 6.54 Å². The van der Waals surface area contributed by atoms with E-state index in [9.17, 15) is 4.21 Å². The molecule has 4 atom stereocenters. The van der Waals surface area contributed by atoms with Crippen LogP contribution >= 0.6 is 15.9 Å².